The number of hydrogen-bond acceptors (Lipinski definition) is 4. The van der Waals surface area contributed by atoms with Gasteiger partial charge in [0, 0.05) is 38.1 Å². The van der Waals surface area contributed by atoms with Gasteiger partial charge in [-0.15, -0.1) is 0 Å². The summed E-state index contributed by atoms with van der Waals surface area (Å²) in [5.74, 6) is 1.70. The van der Waals surface area contributed by atoms with E-state index in [1.54, 1.807) is 0 Å². The van der Waals surface area contributed by atoms with Crippen LogP contribution >= 0.6 is 0 Å². The molecule has 13 aromatic rings. The second kappa shape index (κ2) is 13.6. The quantitative estimate of drug-likeness (QED) is 0.174. The van der Waals surface area contributed by atoms with Crippen molar-refractivity contribution in [2.45, 2.75) is 0 Å². The van der Waals surface area contributed by atoms with Gasteiger partial charge in [0.25, 0.3) is 0 Å². The molecule has 0 aliphatic heterocycles. The van der Waals surface area contributed by atoms with E-state index in [4.69, 9.17) is 19.4 Å². The van der Waals surface area contributed by atoms with Crippen LogP contribution in [-0.4, -0.2) is 19.5 Å². The van der Waals surface area contributed by atoms with Crippen LogP contribution in [0.3, 0.4) is 0 Å². The molecule has 5 heteroatoms. The molecule has 62 heavy (non-hydrogen) atoms. The first-order chi connectivity index (χ1) is 30.7. The zero-order chi connectivity index (χ0) is 40.7. The molecule has 0 aliphatic rings. The van der Waals surface area contributed by atoms with Crippen molar-refractivity contribution in [2.75, 3.05) is 0 Å². The summed E-state index contributed by atoms with van der Waals surface area (Å²) in [5, 5.41) is 11.3. The third-order valence-electron chi connectivity index (χ3n) is 12.5. The van der Waals surface area contributed by atoms with E-state index in [9.17, 15) is 0 Å². The Bertz CT molecular complexity index is 3830. The Hall–Kier alpha value is -8.41. The van der Waals surface area contributed by atoms with E-state index in [1.165, 1.54) is 43.4 Å². The van der Waals surface area contributed by atoms with Crippen molar-refractivity contribution in [1.82, 2.24) is 19.5 Å². The van der Waals surface area contributed by atoms with Crippen LogP contribution < -0.4 is 0 Å². The summed E-state index contributed by atoms with van der Waals surface area (Å²) in [6.45, 7) is 0. The molecule has 0 spiro atoms. The lowest BCUT2D eigenvalue weighted by atomic mass is 9.94. The first kappa shape index (κ1) is 34.5. The van der Waals surface area contributed by atoms with E-state index >= 15 is 0 Å². The number of furan rings is 1. The van der Waals surface area contributed by atoms with Crippen LogP contribution in [0.4, 0.5) is 0 Å². The number of aromatic nitrogens is 4. The van der Waals surface area contributed by atoms with Gasteiger partial charge in [0.2, 0.25) is 5.95 Å². The summed E-state index contributed by atoms with van der Waals surface area (Å²) in [6.07, 6.45) is 0. The van der Waals surface area contributed by atoms with E-state index in [1.807, 2.05) is 12.1 Å². The highest BCUT2D eigenvalue weighted by Gasteiger charge is 2.23. The summed E-state index contributed by atoms with van der Waals surface area (Å²) in [6, 6.07) is 72.7. The number of fused-ring (bicyclic) bond motifs is 12. The molecule has 0 N–H and O–H groups in total. The maximum atomic E-state index is 6.66. The van der Waals surface area contributed by atoms with Crippen molar-refractivity contribution in [3.63, 3.8) is 0 Å². The van der Waals surface area contributed by atoms with Gasteiger partial charge in [-0.1, -0.05) is 182 Å². The zero-order valence-electron chi connectivity index (χ0n) is 33.3. The second-order valence-corrected chi connectivity index (χ2v) is 15.9. The largest absolute Gasteiger partial charge is 0.455 e. The molecule has 10 aromatic carbocycles. The van der Waals surface area contributed by atoms with Gasteiger partial charge < -0.3 is 4.42 Å². The predicted molar refractivity (Wildman–Crippen MR) is 256 cm³/mol. The summed E-state index contributed by atoms with van der Waals surface area (Å²) in [7, 11) is 0. The van der Waals surface area contributed by atoms with Gasteiger partial charge >= 0.3 is 0 Å². The highest BCUT2D eigenvalue weighted by atomic mass is 16.3. The summed E-state index contributed by atoms with van der Waals surface area (Å²) in [5.41, 5.74) is 10.1. The summed E-state index contributed by atoms with van der Waals surface area (Å²) in [4.78, 5) is 16.2. The molecule has 3 heterocycles. The lowest BCUT2D eigenvalue weighted by molar-refractivity contribution is 0.672. The zero-order valence-corrected chi connectivity index (χ0v) is 33.3. The molecule has 0 saturated carbocycles. The number of benzene rings is 10. The molecule has 288 valence electrons. The van der Waals surface area contributed by atoms with Crippen LogP contribution in [0.25, 0.3) is 127 Å². The lowest BCUT2D eigenvalue weighted by Gasteiger charge is -2.13. The lowest BCUT2D eigenvalue weighted by Crippen LogP contribution is -2.06. The van der Waals surface area contributed by atoms with E-state index in [-0.39, 0.29) is 0 Å². The van der Waals surface area contributed by atoms with Crippen molar-refractivity contribution in [1.29, 1.82) is 0 Å². The molecule has 0 radical (unpaired) electrons. The number of nitrogens with zero attached hydrogens (tertiary/aromatic N) is 4. The van der Waals surface area contributed by atoms with Crippen molar-refractivity contribution in [2.24, 2.45) is 0 Å². The molecule has 0 aliphatic carbocycles. The van der Waals surface area contributed by atoms with Crippen LogP contribution in [0.1, 0.15) is 0 Å². The van der Waals surface area contributed by atoms with E-state index in [2.05, 4.69) is 199 Å². The van der Waals surface area contributed by atoms with Gasteiger partial charge in [-0.05, 0) is 73.5 Å². The SMILES string of the molecule is c1ccc(-c2ccccc2-c2ccc(-c3nc(-c4cccc5oc6c7ccccc7ccc6c45)nc(-n4c5ccc6ccccc6c5c5c6ccccc6ccc54)n3)cc2)cc1. The van der Waals surface area contributed by atoms with Gasteiger partial charge in [-0.25, -0.2) is 4.98 Å². The van der Waals surface area contributed by atoms with Gasteiger partial charge in [0.1, 0.15) is 11.2 Å². The van der Waals surface area contributed by atoms with Gasteiger partial charge in [-0.3, -0.25) is 4.57 Å². The van der Waals surface area contributed by atoms with E-state index in [0.29, 0.717) is 17.6 Å². The Balaban J connectivity index is 1.08. The molecule has 13 rings (SSSR count). The number of hydrogen-bond donors (Lipinski definition) is 0. The fourth-order valence-electron chi connectivity index (χ4n) is 9.62. The average molecular weight is 791 g/mol. The minimum Gasteiger partial charge on any atom is -0.455 e. The average Bonchev–Trinajstić information content (AvgIpc) is 3.91. The highest BCUT2D eigenvalue weighted by Crippen LogP contribution is 2.42. The molecule has 0 bridgehead atoms. The minimum absolute atomic E-state index is 0.546. The van der Waals surface area contributed by atoms with Crippen LogP contribution in [0.15, 0.2) is 211 Å². The molecular formula is C57H34N4O. The minimum atomic E-state index is 0.546. The van der Waals surface area contributed by atoms with Crippen LogP contribution in [0.5, 0.6) is 0 Å². The molecule has 0 unspecified atom stereocenters. The first-order valence-electron chi connectivity index (χ1n) is 20.9. The topological polar surface area (TPSA) is 56.7 Å². The first-order valence-corrected chi connectivity index (χ1v) is 20.9. The van der Waals surface area contributed by atoms with Gasteiger partial charge in [0.05, 0.1) is 11.0 Å². The number of rotatable bonds is 5. The van der Waals surface area contributed by atoms with Crippen molar-refractivity contribution in [3.8, 4) is 51.0 Å². The summed E-state index contributed by atoms with van der Waals surface area (Å²) >= 11 is 0. The smallest absolute Gasteiger partial charge is 0.238 e. The van der Waals surface area contributed by atoms with Crippen molar-refractivity contribution < 1.29 is 4.42 Å². The standard InChI is InChI=1S/C57H34N4O/c1-2-13-35(14-3-1)41-18-10-11-19-42(41)39-25-27-40(28-26-39)55-58-56(47-23-12-24-50-51(47)46-32-29-38-17-6-9-22-45(38)54(46)62-50)60-57(59-55)61-48-33-30-36-15-4-7-20-43(36)52(48)53-44-21-8-5-16-37(44)31-34-49(53)61/h1-34H. The molecule has 5 nitrogen and oxygen atoms in total. The predicted octanol–water partition coefficient (Wildman–Crippen LogP) is 15.0. The molecule has 0 saturated heterocycles. The third-order valence-corrected chi connectivity index (χ3v) is 12.5. The van der Waals surface area contributed by atoms with Crippen LogP contribution in [0.2, 0.25) is 0 Å². The fraction of sp³-hybridized carbons (Fsp3) is 0. The van der Waals surface area contributed by atoms with E-state index < -0.39 is 0 Å². The van der Waals surface area contributed by atoms with Crippen molar-refractivity contribution >= 4 is 76.1 Å². The van der Waals surface area contributed by atoms with Crippen LogP contribution in [-0.2, 0) is 0 Å². The second-order valence-electron chi connectivity index (χ2n) is 15.9. The molecular weight excluding hydrogens is 757 g/mol. The molecule has 0 atom stereocenters. The highest BCUT2D eigenvalue weighted by molar-refractivity contribution is 6.28. The fourth-order valence-corrected chi connectivity index (χ4v) is 9.62. The van der Waals surface area contributed by atoms with Crippen LogP contribution in [0, 0.1) is 0 Å². The van der Waals surface area contributed by atoms with Gasteiger partial charge in [-0.2, -0.15) is 9.97 Å². The van der Waals surface area contributed by atoms with E-state index in [0.717, 1.165) is 66.0 Å². The maximum absolute atomic E-state index is 6.66. The van der Waals surface area contributed by atoms with Crippen molar-refractivity contribution in [3.05, 3.63) is 206 Å². The Morgan fingerprint density at radius 1 is 0.323 bits per heavy atom. The molecule has 3 aromatic heterocycles. The summed E-state index contributed by atoms with van der Waals surface area (Å²) < 4.78 is 8.89. The Labute approximate surface area is 355 Å². The molecule has 0 fully saturated rings. The normalized spacial score (nSPS) is 11.9. The van der Waals surface area contributed by atoms with Gasteiger partial charge in [0.15, 0.2) is 11.6 Å². The third kappa shape index (κ3) is 5.25. The molecule has 0 amide bonds. The maximum Gasteiger partial charge on any atom is 0.238 e. The Morgan fingerprint density at radius 2 is 0.839 bits per heavy atom. The Kier molecular flexibility index (Phi) is 7.54. The monoisotopic (exact) mass is 790 g/mol. The Morgan fingerprint density at radius 3 is 1.52 bits per heavy atom.